The van der Waals surface area contributed by atoms with Gasteiger partial charge < -0.3 is 9.72 Å². The van der Waals surface area contributed by atoms with E-state index in [4.69, 9.17) is 16.3 Å². The van der Waals surface area contributed by atoms with Gasteiger partial charge in [-0.25, -0.2) is 4.98 Å². The molecule has 0 radical (unpaired) electrons. The van der Waals surface area contributed by atoms with Crippen LogP contribution in [0.15, 0.2) is 30.5 Å². The summed E-state index contributed by atoms with van der Waals surface area (Å²) in [4.78, 5) is 10.6. The Morgan fingerprint density at radius 2 is 2.23 bits per heavy atom. The molecule has 1 unspecified atom stereocenters. The number of halogens is 1. The van der Waals surface area contributed by atoms with Crippen molar-refractivity contribution in [3.63, 3.8) is 0 Å². The third-order valence-corrected chi connectivity index (χ3v) is 5.00. The number of benzene rings is 1. The molecule has 0 bridgehead atoms. The lowest BCUT2D eigenvalue weighted by Gasteiger charge is -2.44. The molecule has 0 amide bonds. The van der Waals surface area contributed by atoms with Crippen LogP contribution in [0.1, 0.15) is 31.1 Å². The molecule has 0 spiro atoms. The minimum absolute atomic E-state index is 0.243. The molecule has 22 heavy (non-hydrogen) atoms. The fourth-order valence-electron chi connectivity index (χ4n) is 3.32. The number of hydrogen-bond donors (Lipinski definition) is 1. The summed E-state index contributed by atoms with van der Waals surface area (Å²) in [5.41, 5.74) is 2.08. The van der Waals surface area contributed by atoms with Crippen molar-refractivity contribution in [1.29, 1.82) is 0 Å². The predicted molar refractivity (Wildman–Crippen MR) is 86.9 cm³/mol. The Kier molecular flexibility index (Phi) is 3.90. The first kappa shape index (κ1) is 14.2. The van der Waals surface area contributed by atoms with E-state index < -0.39 is 0 Å². The van der Waals surface area contributed by atoms with Gasteiger partial charge >= 0.3 is 0 Å². The quantitative estimate of drug-likeness (QED) is 0.939. The Morgan fingerprint density at radius 3 is 3.00 bits per heavy atom. The van der Waals surface area contributed by atoms with Gasteiger partial charge in [-0.2, -0.15) is 0 Å². The average Bonchev–Trinajstić information content (AvgIpc) is 2.96. The number of nitrogens with one attached hydrogen (secondary N) is 1. The van der Waals surface area contributed by atoms with Crippen LogP contribution in [-0.4, -0.2) is 40.7 Å². The molecular formula is C17H20ClN3O. The maximum atomic E-state index is 6.08. The number of aromatic nitrogens is 2. The summed E-state index contributed by atoms with van der Waals surface area (Å²) in [6, 6.07) is 8.79. The maximum absolute atomic E-state index is 6.08. The van der Waals surface area contributed by atoms with Crippen LogP contribution in [0.2, 0.25) is 5.02 Å². The van der Waals surface area contributed by atoms with Crippen molar-refractivity contribution in [1.82, 2.24) is 14.9 Å². The van der Waals surface area contributed by atoms with Crippen molar-refractivity contribution in [2.24, 2.45) is 0 Å². The maximum Gasteiger partial charge on any atom is 0.126 e. The second kappa shape index (κ2) is 6.03. The van der Waals surface area contributed by atoms with E-state index in [0.717, 1.165) is 41.9 Å². The molecule has 4 rings (SSSR count). The van der Waals surface area contributed by atoms with E-state index in [0.29, 0.717) is 6.04 Å². The molecule has 1 saturated heterocycles. The van der Waals surface area contributed by atoms with E-state index in [1.807, 2.05) is 30.5 Å². The van der Waals surface area contributed by atoms with Crippen LogP contribution in [-0.2, 0) is 4.74 Å². The predicted octanol–water partition coefficient (Wildman–Crippen LogP) is 3.66. The molecular weight excluding hydrogens is 298 g/mol. The second-order valence-corrected chi connectivity index (χ2v) is 6.54. The van der Waals surface area contributed by atoms with Crippen LogP contribution in [0, 0.1) is 0 Å². The first-order chi connectivity index (χ1) is 10.8. The molecule has 116 valence electrons. The minimum atomic E-state index is 0.243. The van der Waals surface area contributed by atoms with E-state index in [1.165, 1.54) is 19.3 Å². The molecule has 2 fully saturated rings. The Labute approximate surface area is 135 Å². The van der Waals surface area contributed by atoms with E-state index in [1.54, 1.807) is 0 Å². The molecule has 1 aromatic heterocycles. The van der Waals surface area contributed by atoms with E-state index >= 15 is 0 Å². The number of ether oxygens (including phenoxy) is 1. The molecule has 2 heterocycles. The van der Waals surface area contributed by atoms with Crippen LogP contribution >= 0.6 is 11.6 Å². The summed E-state index contributed by atoms with van der Waals surface area (Å²) in [6.45, 7) is 2.55. The molecule has 4 nitrogen and oxygen atoms in total. The molecule has 1 aliphatic heterocycles. The van der Waals surface area contributed by atoms with Gasteiger partial charge in [-0.05, 0) is 25.0 Å². The number of nitrogens with zero attached hydrogens (tertiary/aromatic N) is 2. The molecule has 1 atom stereocenters. The lowest BCUT2D eigenvalue weighted by Crippen LogP contribution is -2.48. The zero-order valence-electron chi connectivity index (χ0n) is 12.5. The zero-order valence-corrected chi connectivity index (χ0v) is 13.2. The summed E-state index contributed by atoms with van der Waals surface area (Å²) in [5, 5.41) is 0.741. The lowest BCUT2D eigenvalue weighted by atomic mass is 9.90. The van der Waals surface area contributed by atoms with Crippen molar-refractivity contribution in [2.75, 3.05) is 19.8 Å². The van der Waals surface area contributed by atoms with Gasteiger partial charge in [0, 0.05) is 23.2 Å². The molecule has 1 aromatic carbocycles. The first-order valence-corrected chi connectivity index (χ1v) is 8.33. The lowest BCUT2D eigenvalue weighted by molar-refractivity contribution is -0.0494. The standard InChI is InChI=1S/C17H20ClN3O/c18-13-4-1-3-12(9-13)15-10-19-17(20-15)16-11-22-8-7-21(16)14-5-2-6-14/h1,3-4,9-10,14,16H,2,5-8,11H2,(H,19,20). The van der Waals surface area contributed by atoms with Gasteiger partial charge in [0.1, 0.15) is 5.82 Å². The third kappa shape index (κ3) is 2.67. The van der Waals surface area contributed by atoms with Crippen molar-refractivity contribution in [3.8, 4) is 11.3 Å². The van der Waals surface area contributed by atoms with Crippen LogP contribution in [0.4, 0.5) is 0 Å². The molecule has 1 aliphatic carbocycles. The topological polar surface area (TPSA) is 41.1 Å². The highest BCUT2D eigenvalue weighted by atomic mass is 35.5. The number of imidazole rings is 1. The Morgan fingerprint density at radius 1 is 1.32 bits per heavy atom. The molecule has 2 aromatic rings. The largest absolute Gasteiger partial charge is 0.378 e. The van der Waals surface area contributed by atoms with Gasteiger partial charge in [0.25, 0.3) is 0 Å². The van der Waals surface area contributed by atoms with Gasteiger partial charge in [0.05, 0.1) is 31.1 Å². The average molecular weight is 318 g/mol. The summed E-state index contributed by atoms with van der Waals surface area (Å²) < 4.78 is 5.70. The number of hydrogen-bond acceptors (Lipinski definition) is 3. The van der Waals surface area contributed by atoms with Crippen molar-refractivity contribution in [2.45, 2.75) is 31.3 Å². The monoisotopic (exact) mass is 317 g/mol. The Hall–Kier alpha value is -1.36. The van der Waals surface area contributed by atoms with Gasteiger partial charge in [0.2, 0.25) is 0 Å². The highest BCUT2D eigenvalue weighted by molar-refractivity contribution is 6.30. The number of aromatic amines is 1. The van der Waals surface area contributed by atoms with Gasteiger partial charge in [-0.15, -0.1) is 0 Å². The number of rotatable bonds is 3. The van der Waals surface area contributed by atoms with Crippen LogP contribution < -0.4 is 0 Å². The van der Waals surface area contributed by atoms with Gasteiger partial charge in [0.15, 0.2) is 0 Å². The fraction of sp³-hybridized carbons (Fsp3) is 0.471. The van der Waals surface area contributed by atoms with Crippen molar-refractivity contribution >= 4 is 11.6 Å². The zero-order chi connectivity index (χ0) is 14.9. The van der Waals surface area contributed by atoms with Crippen LogP contribution in [0.5, 0.6) is 0 Å². The highest BCUT2D eigenvalue weighted by Crippen LogP contribution is 2.34. The smallest absolute Gasteiger partial charge is 0.126 e. The van der Waals surface area contributed by atoms with Gasteiger partial charge in [-0.3, -0.25) is 4.90 Å². The fourth-order valence-corrected chi connectivity index (χ4v) is 3.51. The van der Waals surface area contributed by atoms with E-state index in [-0.39, 0.29) is 6.04 Å². The SMILES string of the molecule is Clc1cccc(-c2cnc(C3COCCN3C3CCC3)[nH]2)c1. The summed E-state index contributed by atoms with van der Waals surface area (Å²) >= 11 is 6.08. The Balaban J connectivity index is 1.59. The highest BCUT2D eigenvalue weighted by Gasteiger charge is 2.34. The summed E-state index contributed by atoms with van der Waals surface area (Å²) in [5.74, 6) is 1.00. The van der Waals surface area contributed by atoms with E-state index in [2.05, 4.69) is 14.9 Å². The van der Waals surface area contributed by atoms with Crippen LogP contribution in [0.3, 0.4) is 0 Å². The first-order valence-electron chi connectivity index (χ1n) is 7.95. The molecule has 2 aliphatic rings. The number of morpholine rings is 1. The van der Waals surface area contributed by atoms with Crippen molar-refractivity contribution < 1.29 is 4.74 Å². The van der Waals surface area contributed by atoms with Crippen LogP contribution in [0.25, 0.3) is 11.3 Å². The van der Waals surface area contributed by atoms with E-state index in [9.17, 15) is 0 Å². The third-order valence-electron chi connectivity index (χ3n) is 4.76. The minimum Gasteiger partial charge on any atom is -0.378 e. The van der Waals surface area contributed by atoms with Crippen molar-refractivity contribution in [3.05, 3.63) is 41.3 Å². The number of H-pyrrole nitrogens is 1. The molecule has 1 N–H and O–H groups in total. The molecule has 5 heteroatoms. The Bertz CT molecular complexity index is 653. The second-order valence-electron chi connectivity index (χ2n) is 6.11. The molecule has 1 saturated carbocycles. The normalized spacial score (nSPS) is 23.4. The summed E-state index contributed by atoms with van der Waals surface area (Å²) in [6.07, 6.45) is 5.85. The summed E-state index contributed by atoms with van der Waals surface area (Å²) in [7, 11) is 0. The van der Waals surface area contributed by atoms with Gasteiger partial charge in [-0.1, -0.05) is 30.2 Å².